The summed E-state index contributed by atoms with van der Waals surface area (Å²) >= 11 is 5.84. The van der Waals surface area contributed by atoms with Crippen LogP contribution in [0.5, 0.6) is 5.75 Å². The predicted octanol–water partition coefficient (Wildman–Crippen LogP) is 3.26. The summed E-state index contributed by atoms with van der Waals surface area (Å²) in [7, 11) is 0. The molecule has 6 nitrogen and oxygen atoms in total. The van der Waals surface area contributed by atoms with E-state index in [1.165, 1.54) is 0 Å². The number of aromatic nitrogens is 2. The minimum Gasteiger partial charge on any atom is -0.489 e. The predicted molar refractivity (Wildman–Crippen MR) is 88.3 cm³/mol. The Bertz CT molecular complexity index is 1020. The first-order chi connectivity index (χ1) is 12.3. The van der Waals surface area contributed by atoms with Gasteiger partial charge < -0.3 is 4.74 Å². The Labute approximate surface area is 154 Å². The molecular formula is C16H13ClF4N2O4. The zero-order valence-corrected chi connectivity index (χ0v) is 15.0. The highest BCUT2D eigenvalue weighted by atomic mass is 35.5. The van der Waals surface area contributed by atoms with Gasteiger partial charge in [0, 0.05) is 19.1 Å². The summed E-state index contributed by atoms with van der Waals surface area (Å²) in [6, 6.07) is 1.69. The zero-order chi connectivity index (χ0) is 20.7. The van der Waals surface area contributed by atoms with Crippen molar-refractivity contribution < 1.29 is 27.1 Å². The number of rotatable bonds is 3. The maximum absolute atomic E-state index is 14.3. The van der Waals surface area contributed by atoms with Crippen LogP contribution in [0.2, 0.25) is 5.02 Å². The SMILES string of the molecule is CC(=O)n1c(C(F)(F)F)cc(=O)n(-c2cc(OC(C)C)c(Cl)cc2F)c1=O. The molecule has 2 aromatic rings. The van der Waals surface area contributed by atoms with Gasteiger partial charge in [0.15, 0.2) is 0 Å². The second-order valence-electron chi connectivity index (χ2n) is 5.74. The first-order valence-corrected chi connectivity index (χ1v) is 7.85. The van der Waals surface area contributed by atoms with Crippen molar-refractivity contribution in [3.63, 3.8) is 0 Å². The van der Waals surface area contributed by atoms with Crippen LogP contribution in [-0.2, 0) is 6.18 Å². The zero-order valence-electron chi connectivity index (χ0n) is 14.2. The summed E-state index contributed by atoms with van der Waals surface area (Å²) in [5, 5.41) is -0.170. The molecule has 0 aliphatic heterocycles. The quantitative estimate of drug-likeness (QED) is 0.731. The van der Waals surface area contributed by atoms with E-state index in [-0.39, 0.29) is 26.0 Å². The largest absolute Gasteiger partial charge is 0.489 e. The van der Waals surface area contributed by atoms with Crippen LogP contribution in [0.1, 0.15) is 31.3 Å². The number of carbonyl (C=O) groups excluding carboxylic acids is 1. The van der Waals surface area contributed by atoms with Crippen molar-refractivity contribution in [2.24, 2.45) is 0 Å². The number of halogens is 5. The van der Waals surface area contributed by atoms with Crippen LogP contribution in [0, 0.1) is 5.82 Å². The van der Waals surface area contributed by atoms with Gasteiger partial charge >= 0.3 is 11.9 Å². The standard InChI is InChI=1S/C16H13ClF4N2O4/c1-7(2)27-12-5-11(10(18)4-9(12)17)23-14(25)6-13(16(19,20)21)22(8(3)24)15(23)26/h4-7H,1-3H3. The molecule has 0 radical (unpaired) electrons. The molecule has 11 heteroatoms. The lowest BCUT2D eigenvalue weighted by atomic mass is 10.2. The molecule has 0 N–H and O–H groups in total. The van der Waals surface area contributed by atoms with E-state index in [1.807, 2.05) is 0 Å². The second-order valence-corrected chi connectivity index (χ2v) is 6.15. The van der Waals surface area contributed by atoms with Crippen LogP contribution in [0.4, 0.5) is 17.6 Å². The number of ether oxygens (including phenoxy) is 1. The van der Waals surface area contributed by atoms with Gasteiger partial charge in [0.1, 0.15) is 17.3 Å². The van der Waals surface area contributed by atoms with Crippen molar-refractivity contribution in [1.29, 1.82) is 0 Å². The average Bonchev–Trinajstić information content (AvgIpc) is 2.49. The number of alkyl halides is 3. The molecule has 0 spiro atoms. The molecule has 0 amide bonds. The molecule has 0 saturated heterocycles. The van der Waals surface area contributed by atoms with E-state index in [4.69, 9.17) is 16.3 Å². The topological polar surface area (TPSA) is 70.3 Å². The molecule has 2 rings (SSSR count). The summed E-state index contributed by atoms with van der Waals surface area (Å²) < 4.78 is 58.7. The number of nitrogens with zero attached hydrogens (tertiary/aromatic N) is 2. The van der Waals surface area contributed by atoms with Gasteiger partial charge in [0.25, 0.3) is 5.56 Å². The monoisotopic (exact) mass is 408 g/mol. The number of hydrogen-bond donors (Lipinski definition) is 0. The molecule has 0 fully saturated rings. The van der Waals surface area contributed by atoms with Gasteiger partial charge in [-0.15, -0.1) is 0 Å². The molecular weight excluding hydrogens is 396 g/mol. The fourth-order valence-corrected chi connectivity index (χ4v) is 2.51. The first kappa shape index (κ1) is 20.7. The molecule has 146 valence electrons. The Hall–Kier alpha value is -2.62. The fourth-order valence-electron chi connectivity index (χ4n) is 2.31. The van der Waals surface area contributed by atoms with E-state index in [0.717, 1.165) is 12.1 Å². The molecule has 0 unspecified atom stereocenters. The third-order valence-corrected chi connectivity index (χ3v) is 3.61. The lowest BCUT2D eigenvalue weighted by Crippen LogP contribution is -2.44. The van der Waals surface area contributed by atoms with Crippen LogP contribution >= 0.6 is 11.6 Å². The van der Waals surface area contributed by atoms with Gasteiger partial charge in [-0.1, -0.05) is 11.6 Å². The lowest BCUT2D eigenvalue weighted by Gasteiger charge is -2.17. The summed E-state index contributed by atoms with van der Waals surface area (Å²) in [6.45, 7) is 3.97. The Morgan fingerprint density at radius 2 is 1.78 bits per heavy atom. The van der Waals surface area contributed by atoms with Gasteiger partial charge in [-0.3, -0.25) is 9.59 Å². The van der Waals surface area contributed by atoms with E-state index in [9.17, 15) is 31.9 Å². The van der Waals surface area contributed by atoms with Gasteiger partial charge in [-0.05, 0) is 19.9 Å². The highest BCUT2D eigenvalue weighted by Gasteiger charge is 2.37. The molecule has 0 atom stereocenters. The maximum Gasteiger partial charge on any atom is 0.432 e. The van der Waals surface area contributed by atoms with Crippen LogP contribution in [0.3, 0.4) is 0 Å². The second kappa shape index (κ2) is 7.18. The van der Waals surface area contributed by atoms with Crippen LogP contribution in [-0.4, -0.2) is 21.1 Å². The van der Waals surface area contributed by atoms with E-state index < -0.39 is 46.6 Å². The number of carbonyl (C=O) groups is 1. The molecule has 1 aromatic carbocycles. The summed E-state index contributed by atoms with van der Waals surface area (Å²) in [4.78, 5) is 36.2. The molecule has 0 saturated carbocycles. The molecule has 1 aromatic heterocycles. The van der Waals surface area contributed by atoms with Crippen molar-refractivity contribution >= 4 is 17.5 Å². The van der Waals surface area contributed by atoms with E-state index in [2.05, 4.69) is 0 Å². The smallest absolute Gasteiger partial charge is 0.432 e. The highest BCUT2D eigenvalue weighted by molar-refractivity contribution is 6.32. The molecule has 27 heavy (non-hydrogen) atoms. The van der Waals surface area contributed by atoms with Gasteiger partial charge in [0.05, 0.1) is 16.8 Å². The third kappa shape index (κ3) is 4.05. The van der Waals surface area contributed by atoms with Gasteiger partial charge in [0.2, 0.25) is 5.91 Å². The van der Waals surface area contributed by atoms with Crippen molar-refractivity contribution in [2.45, 2.75) is 33.1 Å². The first-order valence-electron chi connectivity index (χ1n) is 7.48. The molecule has 0 aliphatic rings. The normalized spacial score (nSPS) is 11.7. The average molecular weight is 409 g/mol. The van der Waals surface area contributed by atoms with Crippen LogP contribution < -0.4 is 16.0 Å². The highest BCUT2D eigenvalue weighted by Crippen LogP contribution is 2.30. The Kier molecular flexibility index (Phi) is 5.50. The lowest BCUT2D eigenvalue weighted by molar-refractivity contribution is -0.143. The summed E-state index contributed by atoms with van der Waals surface area (Å²) in [5.41, 5.74) is -5.59. The van der Waals surface area contributed by atoms with Gasteiger partial charge in [-0.2, -0.15) is 13.2 Å². The molecule has 1 heterocycles. The van der Waals surface area contributed by atoms with Crippen molar-refractivity contribution in [3.8, 4) is 11.4 Å². The van der Waals surface area contributed by atoms with Crippen molar-refractivity contribution in [2.75, 3.05) is 0 Å². The van der Waals surface area contributed by atoms with E-state index in [1.54, 1.807) is 13.8 Å². The Balaban J connectivity index is 2.89. The van der Waals surface area contributed by atoms with Crippen LogP contribution in [0.25, 0.3) is 5.69 Å². The van der Waals surface area contributed by atoms with Crippen LogP contribution in [0.15, 0.2) is 27.8 Å². The Morgan fingerprint density at radius 3 is 2.26 bits per heavy atom. The van der Waals surface area contributed by atoms with Crippen molar-refractivity contribution in [3.05, 3.63) is 55.6 Å². The number of benzene rings is 1. The number of hydrogen-bond acceptors (Lipinski definition) is 4. The minimum absolute atomic E-state index is 0.0415. The van der Waals surface area contributed by atoms with E-state index >= 15 is 0 Å². The summed E-state index contributed by atoms with van der Waals surface area (Å²) in [6.07, 6.45) is -5.55. The fraction of sp³-hybridized carbons (Fsp3) is 0.312. The molecule has 0 aliphatic carbocycles. The maximum atomic E-state index is 14.3. The minimum atomic E-state index is -5.15. The summed E-state index contributed by atoms with van der Waals surface area (Å²) in [5.74, 6) is -2.55. The third-order valence-electron chi connectivity index (χ3n) is 3.31. The van der Waals surface area contributed by atoms with E-state index in [0.29, 0.717) is 6.92 Å². The Morgan fingerprint density at radius 1 is 1.19 bits per heavy atom. The van der Waals surface area contributed by atoms with Gasteiger partial charge in [-0.25, -0.2) is 18.3 Å². The molecule has 0 bridgehead atoms. The van der Waals surface area contributed by atoms with Crippen molar-refractivity contribution in [1.82, 2.24) is 9.13 Å².